The maximum atomic E-state index is 12.5. The van der Waals surface area contributed by atoms with Crippen LogP contribution in [-0.4, -0.2) is 28.7 Å². The number of carbonyl (C=O) groups is 1. The Morgan fingerprint density at radius 1 is 1.29 bits per heavy atom. The highest BCUT2D eigenvalue weighted by molar-refractivity contribution is 9.09. The van der Waals surface area contributed by atoms with Crippen LogP contribution in [0.1, 0.15) is 35.3 Å². The Morgan fingerprint density at radius 3 is 2.18 bits per heavy atom. The van der Waals surface area contributed by atoms with Crippen molar-refractivity contribution in [2.24, 2.45) is 0 Å². The van der Waals surface area contributed by atoms with Gasteiger partial charge in [0.15, 0.2) is 0 Å². The first-order chi connectivity index (χ1) is 7.81. The number of alkyl halides is 1. The molecule has 0 spiro atoms. The number of hydrogen-bond acceptors (Lipinski definition) is 1. The fourth-order valence-electron chi connectivity index (χ4n) is 1.68. The summed E-state index contributed by atoms with van der Waals surface area (Å²) in [6, 6.07) is 5.95. The van der Waals surface area contributed by atoms with E-state index < -0.39 is 0 Å². The molecule has 1 aromatic carbocycles. The lowest BCUT2D eigenvalue weighted by molar-refractivity contribution is 0.0662. The second kappa shape index (κ2) is 5.21. The maximum absolute atomic E-state index is 12.5. The summed E-state index contributed by atoms with van der Waals surface area (Å²) in [7, 11) is 1.86. The molecule has 0 fully saturated rings. The van der Waals surface area contributed by atoms with E-state index in [-0.39, 0.29) is 11.4 Å². The number of nitrogens with zero attached hydrogens (tertiary/aromatic N) is 1. The molecule has 0 bridgehead atoms. The van der Waals surface area contributed by atoms with E-state index in [0.717, 1.165) is 22.0 Å². The van der Waals surface area contributed by atoms with E-state index in [1.165, 1.54) is 0 Å². The number of aryl methyl sites for hydroxylation is 2. The summed E-state index contributed by atoms with van der Waals surface area (Å²) in [5.41, 5.74) is 2.70. The predicted octanol–water partition coefficient (Wildman–Crippen LogP) is 3.55. The average Bonchev–Trinajstić information content (AvgIpc) is 2.27. The molecule has 2 nitrogen and oxygen atoms in total. The third-order valence-corrected chi connectivity index (χ3v) is 4.61. The van der Waals surface area contributed by atoms with Crippen LogP contribution in [0.25, 0.3) is 0 Å². The first kappa shape index (κ1) is 14.2. The number of benzene rings is 1. The number of amides is 1. The number of hydrogen-bond donors (Lipinski definition) is 0. The Morgan fingerprint density at radius 2 is 1.76 bits per heavy atom. The van der Waals surface area contributed by atoms with Crippen LogP contribution in [0.2, 0.25) is 0 Å². The van der Waals surface area contributed by atoms with Crippen molar-refractivity contribution in [2.75, 3.05) is 12.4 Å². The standard InChI is InChI=1S/C14H20BrNO/c1-10-7-6-8-11(2)12(10)13(17)16(5)14(3,4)9-15/h6-8H,9H2,1-5H3. The van der Waals surface area contributed by atoms with Gasteiger partial charge in [0, 0.05) is 23.5 Å². The van der Waals surface area contributed by atoms with Crippen LogP contribution in [0, 0.1) is 13.8 Å². The molecule has 1 rings (SSSR count). The van der Waals surface area contributed by atoms with Gasteiger partial charge in [0.05, 0.1) is 0 Å². The van der Waals surface area contributed by atoms with E-state index >= 15 is 0 Å². The van der Waals surface area contributed by atoms with Crippen molar-refractivity contribution in [3.63, 3.8) is 0 Å². The molecule has 1 amide bonds. The summed E-state index contributed by atoms with van der Waals surface area (Å²) in [6.45, 7) is 8.06. The molecule has 0 aromatic heterocycles. The van der Waals surface area contributed by atoms with Crippen LogP contribution in [0.3, 0.4) is 0 Å². The lowest BCUT2D eigenvalue weighted by Gasteiger charge is -2.34. The molecule has 0 N–H and O–H groups in total. The molecule has 0 aliphatic carbocycles. The van der Waals surface area contributed by atoms with Crippen molar-refractivity contribution in [1.29, 1.82) is 0 Å². The highest BCUT2D eigenvalue weighted by atomic mass is 79.9. The first-order valence-electron chi connectivity index (χ1n) is 5.71. The zero-order chi connectivity index (χ0) is 13.2. The third kappa shape index (κ3) is 2.89. The summed E-state index contributed by atoms with van der Waals surface area (Å²) in [6.07, 6.45) is 0. The molecule has 17 heavy (non-hydrogen) atoms. The molecule has 1 aromatic rings. The van der Waals surface area contributed by atoms with Gasteiger partial charge in [0.2, 0.25) is 0 Å². The second-order valence-corrected chi connectivity index (χ2v) is 5.64. The van der Waals surface area contributed by atoms with Gasteiger partial charge in [-0.15, -0.1) is 0 Å². The topological polar surface area (TPSA) is 20.3 Å². The third-order valence-electron chi connectivity index (χ3n) is 3.23. The van der Waals surface area contributed by atoms with Gasteiger partial charge >= 0.3 is 0 Å². The Balaban J connectivity index is 3.14. The zero-order valence-electron chi connectivity index (χ0n) is 11.2. The normalized spacial score (nSPS) is 11.4. The Bertz CT molecular complexity index is 406. The highest BCUT2D eigenvalue weighted by Gasteiger charge is 2.28. The van der Waals surface area contributed by atoms with E-state index in [4.69, 9.17) is 0 Å². The van der Waals surface area contributed by atoms with Crippen molar-refractivity contribution < 1.29 is 4.79 Å². The van der Waals surface area contributed by atoms with Gasteiger partial charge in [-0.1, -0.05) is 34.1 Å². The molecule has 0 radical (unpaired) electrons. The fourth-order valence-corrected chi connectivity index (χ4v) is 2.06. The van der Waals surface area contributed by atoms with Gasteiger partial charge < -0.3 is 4.90 Å². The highest BCUT2D eigenvalue weighted by Crippen LogP contribution is 2.21. The number of halogens is 1. The molecular weight excluding hydrogens is 278 g/mol. The molecule has 3 heteroatoms. The lowest BCUT2D eigenvalue weighted by Crippen LogP contribution is -2.46. The SMILES string of the molecule is Cc1cccc(C)c1C(=O)N(C)C(C)(C)CBr. The predicted molar refractivity (Wildman–Crippen MR) is 75.9 cm³/mol. The van der Waals surface area contributed by atoms with Crippen LogP contribution in [0.15, 0.2) is 18.2 Å². The van der Waals surface area contributed by atoms with Crippen molar-refractivity contribution >= 4 is 21.8 Å². The van der Waals surface area contributed by atoms with Gasteiger partial charge in [0.1, 0.15) is 0 Å². The van der Waals surface area contributed by atoms with Gasteiger partial charge in [-0.05, 0) is 38.8 Å². The van der Waals surface area contributed by atoms with E-state index in [2.05, 4.69) is 15.9 Å². The van der Waals surface area contributed by atoms with Crippen LogP contribution in [-0.2, 0) is 0 Å². The van der Waals surface area contributed by atoms with Crippen LogP contribution in [0.4, 0.5) is 0 Å². The molecule has 0 atom stereocenters. The summed E-state index contributed by atoms with van der Waals surface area (Å²) in [5.74, 6) is 0.0880. The fraction of sp³-hybridized carbons (Fsp3) is 0.500. The molecule has 0 aliphatic rings. The van der Waals surface area contributed by atoms with E-state index in [9.17, 15) is 4.79 Å². The van der Waals surface area contributed by atoms with Crippen molar-refractivity contribution in [1.82, 2.24) is 4.90 Å². The van der Waals surface area contributed by atoms with Crippen LogP contribution in [0.5, 0.6) is 0 Å². The van der Waals surface area contributed by atoms with E-state index in [1.54, 1.807) is 4.90 Å². The smallest absolute Gasteiger partial charge is 0.254 e. The second-order valence-electron chi connectivity index (χ2n) is 5.08. The average molecular weight is 298 g/mol. The molecule has 0 aliphatic heterocycles. The number of carbonyl (C=O) groups excluding carboxylic acids is 1. The van der Waals surface area contributed by atoms with Crippen LogP contribution >= 0.6 is 15.9 Å². The minimum atomic E-state index is -0.189. The summed E-state index contributed by atoms with van der Waals surface area (Å²) in [5, 5.41) is 0.757. The van der Waals surface area contributed by atoms with Crippen molar-refractivity contribution in [3.8, 4) is 0 Å². The van der Waals surface area contributed by atoms with Crippen LogP contribution < -0.4 is 0 Å². The maximum Gasteiger partial charge on any atom is 0.254 e. The summed E-state index contributed by atoms with van der Waals surface area (Å²) < 4.78 is 0. The van der Waals surface area contributed by atoms with Gasteiger partial charge in [-0.2, -0.15) is 0 Å². The molecule has 0 saturated heterocycles. The van der Waals surface area contributed by atoms with E-state index in [1.807, 2.05) is 52.9 Å². The molecule has 0 heterocycles. The minimum absolute atomic E-state index is 0.0880. The molecule has 0 saturated carbocycles. The summed E-state index contributed by atoms with van der Waals surface area (Å²) >= 11 is 3.46. The van der Waals surface area contributed by atoms with Gasteiger partial charge in [-0.3, -0.25) is 4.79 Å². The first-order valence-corrected chi connectivity index (χ1v) is 6.83. The quantitative estimate of drug-likeness (QED) is 0.782. The molecular formula is C14H20BrNO. The largest absolute Gasteiger partial charge is 0.336 e. The Hall–Kier alpha value is -0.830. The van der Waals surface area contributed by atoms with Crippen molar-refractivity contribution in [3.05, 3.63) is 34.9 Å². The zero-order valence-corrected chi connectivity index (χ0v) is 12.8. The van der Waals surface area contributed by atoms with Crippen molar-refractivity contribution in [2.45, 2.75) is 33.2 Å². The molecule has 94 valence electrons. The van der Waals surface area contributed by atoms with E-state index in [0.29, 0.717) is 0 Å². The lowest BCUT2D eigenvalue weighted by atomic mass is 9.99. The Labute approximate surface area is 112 Å². The monoisotopic (exact) mass is 297 g/mol. The van der Waals surface area contributed by atoms with Gasteiger partial charge in [0.25, 0.3) is 5.91 Å². The Kier molecular flexibility index (Phi) is 4.36. The number of rotatable bonds is 3. The minimum Gasteiger partial charge on any atom is -0.336 e. The van der Waals surface area contributed by atoms with Gasteiger partial charge in [-0.25, -0.2) is 0 Å². The summed E-state index contributed by atoms with van der Waals surface area (Å²) in [4.78, 5) is 14.3. The molecule has 0 unspecified atom stereocenters.